The summed E-state index contributed by atoms with van der Waals surface area (Å²) in [6.07, 6.45) is 4.18. The minimum atomic E-state index is -3.83. The summed E-state index contributed by atoms with van der Waals surface area (Å²) in [5, 5.41) is 2.85. The molecule has 0 atom stereocenters. The summed E-state index contributed by atoms with van der Waals surface area (Å²) in [6, 6.07) is 14.6. The molecule has 0 radical (unpaired) electrons. The van der Waals surface area contributed by atoms with Gasteiger partial charge >= 0.3 is 0 Å². The van der Waals surface area contributed by atoms with Crippen molar-refractivity contribution in [1.82, 2.24) is 0 Å². The van der Waals surface area contributed by atoms with Gasteiger partial charge in [-0.1, -0.05) is 31.5 Å². The summed E-state index contributed by atoms with van der Waals surface area (Å²) in [5.41, 5.74) is 1.91. The second kappa shape index (κ2) is 7.39. The smallest absolute Gasteiger partial charge is 0.286 e. The third-order valence-corrected chi connectivity index (χ3v) is 6.53. The largest absolute Gasteiger partial charge is 0.326 e. The van der Waals surface area contributed by atoms with Gasteiger partial charge in [0.05, 0.1) is 5.69 Å². The van der Waals surface area contributed by atoms with Crippen LogP contribution >= 0.6 is 0 Å². The Morgan fingerprint density at radius 3 is 2.57 bits per heavy atom. The fourth-order valence-corrected chi connectivity index (χ4v) is 4.76. The first kappa shape index (κ1) is 18.7. The Hall–Kier alpha value is -2.67. The molecule has 1 amide bonds. The molecule has 1 saturated carbocycles. The van der Waals surface area contributed by atoms with Gasteiger partial charge < -0.3 is 5.32 Å². The van der Waals surface area contributed by atoms with Gasteiger partial charge in [0.25, 0.3) is 10.0 Å². The molecule has 1 heterocycles. The van der Waals surface area contributed by atoms with Gasteiger partial charge in [0.2, 0.25) is 5.91 Å². The average Bonchev–Trinajstić information content (AvgIpc) is 2.61. The fraction of sp³-hybridized carbons (Fsp3) is 0.333. The molecule has 0 aromatic heterocycles. The Morgan fingerprint density at radius 1 is 1.18 bits per heavy atom. The van der Waals surface area contributed by atoms with Crippen molar-refractivity contribution in [3.8, 4) is 0 Å². The molecule has 4 rings (SSSR count). The number of carbonyl (C=O) groups is 1. The van der Waals surface area contributed by atoms with Gasteiger partial charge in [-0.2, -0.15) is 8.42 Å². The molecule has 1 fully saturated rings. The van der Waals surface area contributed by atoms with E-state index >= 15 is 0 Å². The van der Waals surface area contributed by atoms with Gasteiger partial charge in [-0.25, -0.2) is 0 Å². The second-order valence-electron chi connectivity index (χ2n) is 7.20. The molecule has 0 unspecified atom stereocenters. The van der Waals surface area contributed by atoms with Crippen LogP contribution in [0.5, 0.6) is 0 Å². The Balaban J connectivity index is 1.76. The summed E-state index contributed by atoms with van der Waals surface area (Å²) in [7, 11) is -3.83. The Bertz CT molecular complexity index is 1030. The maximum Gasteiger partial charge on any atom is 0.286 e. The van der Waals surface area contributed by atoms with E-state index in [1.54, 1.807) is 12.1 Å². The van der Waals surface area contributed by atoms with Gasteiger partial charge in [0, 0.05) is 23.7 Å². The lowest BCUT2D eigenvalue weighted by Gasteiger charge is -2.31. The number of carbonyl (C=O) groups excluding carboxylic acids is 1. The molecule has 6 nitrogen and oxygen atoms in total. The normalized spacial score (nSPS) is 18.0. The van der Waals surface area contributed by atoms with Crippen LogP contribution in [0.25, 0.3) is 0 Å². The summed E-state index contributed by atoms with van der Waals surface area (Å²) in [6.45, 7) is 1.99. The van der Waals surface area contributed by atoms with Crippen molar-refractivity contribution in [2.24, 2.45) is 10.3 Å². The van der Waals surface area contributed by atoms with Crippen molar-refractivity contribution < 1.29 is 13.2 Å². The highest BCUT2D eigenvalue weighted by atomic mass is 32.2. The molecule has 7 heteroatoms. The van der Waals surface area contributed by atoms with Crippen LogP contribution in [0.15, 0.2) is 57.8 Å². The molecule has 146 valence electrons. The number of anilines is 3. The van der Waals surface area contributed by atoms with Gasteiger partial charge in [0.1, 0.15) is 10.7 Å². The molecule has 1 aliphatic heterocycles. The van der Waals surface area contributed by atoms with Crippen LogP contribution < -0.4 is 10.2 Å². The molecule has 28 heavy (non-hydrogen) atoms. The van der Waals surface area contributed by atoms with E-state index in [2.05, 4.69) is 9.71 Å². The number of benzene rings is 2. The van der Waals surface area contributed by atoms with E-state index in [1.807, 2.05) is 42.2 Å². The Labute approximate surface area is 165 Å². The van der Waals surface area contributed by atoms with E-state index in [0.29, 0.717) is 23.6 Å². The maximum absolute atomic E-state index is 12.8. The van der Waals surface area contributed by atoms with Crippen molar-refractivity contribution in [3.63, 3.8) is 0 Å². The number of hydrogen-bond donors (Lipinski definition) is 1. The third-order valence-electron chi connectivity index (χ3n) is 5.19. The molecular formula is C21H23N3O3S. The minimum Gasteiger partial charge on any atom is -0.326 e. The zero-order valence-electron chi connectivity index (χ0n) is 15.8. The first-order valence-electron chi connectivity index (χ1n) is 9.63. The van der Waals surface area contributed by atoms with E-state index in [1.165, 1.54) is 6.07 Å². The Morgan fingerprint density at radius 2 is 1.93 bits per heavy atom. The van der Waals surface area contributed by atoms with Crippen LogP contribution in [0.2, 0.25) is 0 Å². The molecule has 2 aromatic rings. The summed E-state index contributed by atoms with van der Waals surface area (Å²) < 4.78 is 29.8. The SMILES string of the molecule is CCCC1=NS(=O)(=O)c2cc(NC(=O)C3CCC3)ccc2N1c1ccccc1. The summed E-state index contributed by atoms with van der Waals surface area (Å²) >= 11 is 0. The first-order chi connectivity index (χ1) is 13.5. The predicted octanol–water partition coefficient (Wildman–Crippen LogP) is 4.46. The summed E-state index contributed by atoms with van der Waals surface area (Å²) in [4.78, 5) is 14.2. The molecule has 1 N–H and O–H groups in total. The van der Waals surface area contributed by atoms with Crippen molar-refractivity contribution >= 4 is 38.8 Å². The number of nitrogens with zero attached hydrogens (tertiary/aromatic N) is 2. The average molecular weight is 398 g/mol. The van der Waals surface area contributed by atoms with Gasteiger partial charge in [-0.05, 0) is 49.6 Å². The van der Waals surface area contributed by atoms with E-state index < -0.39 is 10.0 Å². The van der Waals surface area contributed by atoms with Gasteiger partial charge in [-0.3, -0.25) is 9.69 Å². The number of fused-ring (bicyclic) bond motifs is 1. The van der Waals surface area contributed by atoms with Crippen molar-refractivity contribution in [2.45, 2.75) is 43.9 Å². The molecule has 0 saturated heterocycles. The first-order valence-corrected chi connectivity index (χ1v) is 11.1. The number of hydrogen-bond acceptors (Lipinski definition) is 4. The molecule has 2 aromatic carbocycles. The van der Waals surface area contributed by atoms with Crippen LogP contribution in [0, 0.1) is 5.92 Å². The number of rotatable bonds is 5. The highest BCUT2D eigenvalue weighted by molar-refractivity contribution is 7.90. The van der Waals surface area contributed by atoms with Crippen LogP contribution in [-0.2, 0) is 14.8 Å². The van der Waals surface area contributed by atoms with Crippen LogP contribution in [0.1, 0.15) is 39.0 Å². The number of sulfonamides is 1. The standard InChI is InChI=1S/C21H23N3O3S/c1-2-7-20-23-28(26,27)19-14-16(22-21(25)15-8-6-9-15)12-13-18(19)24(20)17-10-4-3-5-11-17/h3-5,10-15H,2,6-9H2,1H3,(H,22,25). The van der Waals surface area contributed by atoms with Crippen molar-refractivity contribution in [2.75, 3.05) is 10.2 Å². The maximum atomic E-state index is 12.8. The highest BCUT2D eigenvalue weighted by Crippen LogP contribution is 2.39. The lowest BCUT2D eigenvalue weighted by Crippen LogP contribution is -2.32. The minimum absolute atomic E-state index is 0.0302. The molecule has 2 aliphatic rings. The second-order valence-corrected chi connectivity index (χ2v) is 8.78. The Kier molecular flexibility index (Phi) is 4.93. The lowest BCUT2D eigenvalue weighted by atomic mass is 9.85. The zero-order valence-corrected chi connectivity index (χ0v) is 16.6. The summed E-state index contributed by atoms with van der Waals surface area (Å²) in [5.74, 6) is 0.490. The molecule has 0 spiro atoms. The molecule has 0 bridgehead atoms. The van der Waals surface area contributed by atoms with Crippen LogP contribution in [-0.4, -0.2) is 20.2 Å². The topological polar surface area (TPSA) is 78.8 Å². The van der Waals surface area contributed by atoms with E-state index in [9.17, 15) is 13.2 Å². The van der Waals surface area contributed by atoms with Crippen LogP contribution in [0.4, 0.5) is 17.1 Å². The lowest BCUT2D eigenvalue weighted by molar-refractivity contribution is -0.122. The van der Waals surface area contributed by atoms with E-state index in [0.717, 1.165) is 31.4 Å². The molecule has 1 aliphatic carbocycles. The van der Waals surface area contributed by atoms with E-state index in [4.69, 9.17) is 0 Å². The number of nitrogens with one attached hydrogen (secondary N) is 1. The quantitative estimate of drug-likeness (QED) is 0.808. The number of amides is 1. The highest BCUT2D eigenvalue weighted by Gasteiger charge is 2.32. The van der Waals surface area contributed by atoms with Gasteiger partial charge in [-0.15, -0.1) is 4.40 Å². The van der Waals surface area contributed by atoms with E-state index in [-0.39, 0.29) is 16.7 Å². The van der Waals surface area contributed by atoms with Gasteiger partial charge in [0.15, 0.2) is 0 Å². The third kappa shape index (κ3) is 3.42. The zero-order chi connectivity index (χ0) is 19.7. The van der Waals surface area contributed by atoms with Crippen molar-refractivity contribution in [1.29, 1.82) is 0 Å². The number of para-hydroxylation sites is 1. The number of amidine groups is 1. The van der Waals surface area contributed by atoms with Crippen molar-refractivity contribution in [3.05, 3.63) is 48.5 Å². The van der Waals surface area contributed by atoms with Crippen LogP contribution in [0.3, 0.4) is 0 Å². The fourth-order valence-electron chi connectivity index (χ4n) is 3.51. The molecular weight excluding hydrogens is 374 g/mol. The monoisotopic (exact) mass is 397 g/mol. The predicted molar refractivity (Wildman–Crippen MR) is 111 cm³/mol.